The second-order valence-corrected chi connectivity index (χ2v) is 8.97. The maximum Gasteiger partial charge on any atom is 0.412 e. The van der Waals surface area contributed by atoms with Crippen LogP contribution in [0.25, 0.3) is 0 Å². The third-order valence-electron chi connectivity index (χ3n) is 5.49. The molecular formula is C21H32N4O5. The predicted molar refractivity (Wildman–Crippen MR) is 115 cm³/mol. The number of rotatable bonds is 4. The molecule has 2 aliphatic rings. The number of hydrogen-bond acceptors (Lipinski definition) is 7. The number of amides is 1. The summed E-state index contributed by atoms with van der Waals surface area (Å²) in [6, 6.07) is 5.47. The summed E-state index contributed by atoms with van der Waals surface area (Å²) >= 11 is 0. The number of benzene rings is 1. The van der Waals surface area contributed by atoms with Gasteiger partial charge < -0.3 is 14.4 Å². The van der Waals surface area contributed by atoms with E-state index in [1.54, 1.807) is 32.9 Å². The van der Waals surface area contributed by atoms with Crippen molar-refractivity contribution >= 4 is 23.2 Å². The maximum absolute atomic E-state index is 12.0. The molecule has 9 nitrogen and oxygen atoms in total. The van der Waals surface area contributed by atoms with Crippen LogP contribution in [-0.2, 0) is 9.47 Å². The molecule has 1 N–H and O–H groups in total. The molecule has 2 fully saturated rings. The Bertz CT molecular complexity index is 773. The lowest BCUT2D eigenvalue weighted by Gasteiger charge is -2.45. The van der Waals surface area contributed by atoms with E-state index in [4.69, 9.17) is 9.47 Å². The summed E-state index contributed by atoms with van der Waals surface area (Å²) in [5.74, 6) is 0. The lowest BCUT2D eigenvalue weighted by Crippen LogP contribution is -2.56. The van der Waals surface area contributed by atoms with Crippen LogP contribution in [0.5, 0.6) is 0 Å². The molecule has 1 aromatic rings. The fraction of sp³-hybridized carbons (Fsp3) is 0.667. The molecule has 1 amide bonds. The lowest BCUT2D eigenvalue weighted by atomic mass is 10.0. The van der Waals surface area contributed by atoms with Gasteiger partial charge in [0, 0.05) is 51.0 Å². The Morgan fingerprint density at radius 3 is 2.57 bits per heavy atom. The number of nitrogens with zero attached hydrogens (tertiary/aromatic N) is 3. The van der Waals surface area contributed by atoms with Crippen LogP contribution in [0.3, 0.4) is 0 Å². The third kappa shape index (κ3) is 5.60. The van der Waals surface area contributed by atoms with E-state index in [9.17, 15) is 14.9 Å². The number of ether oxygens (including phenoxy) is 2. The molecule has 0 aliphatic carbocycles. The van der Waals surface area contributed by atoms with Crippen molar-refractivity contribution in [2.45, 2.75) is 58.2 Å². The first-order valence-corrected chi connectivity index (χ1v) is 10.5. The average Bonchev–Trinajstić information content (AvgIpc) is 2.67. The lowest BCUT2D eigenvalue weighted by molar-refractivity contribution is -0.384. The quantitative estimate of drug-likeness (QED) is 0.587. The number of piperazine rings is 1. The molecule has 1 aromatic carbocycles. The summed E-state index contributed by atoms with van der Waals surface area (Å²) in [6.45, 7) is 11.4. The standard InChI is InChI=1S/C21H32N4O5/c1-15-14-23(17-7-11-29-12-8-17)9-10-24(15)18-6-5-16(13-19(18)25(27)28)22-20(26)30-21(2,3)4/h5-6,13,15,17H,7-12,14H2,1-4H3,(H,22,26)/t15-/m0/s1. The molecular weight excluding hydrogens is 388 g/mol. The topological polar surface area (TPSA) is 97.2 Å². The van der Waals surface area contributed by atoms with Gasteiger partial charge in [0.1, 0.15) is 11.3 Å². The molecule has 9 heteroatoms. The number of nitro groups is 1. The molecule has 2 aliphatic heterocycles. The summed E-state index contributed by atoms with van der Waals surface area (Å²) in [5.41, 5.74) is 0.257. The van der Waals surface area contributed by atoms with Crippen molar-refractivity contribution in [3.63, 3.8) is 0 Å². The van der Waals surface area contributed by atoms with E-state index in [2.05, 4.69) is 22.0 Å². The Kier molecular flexibility index (Phi) is 6.82. The maximum atomic E-state index is 12.0. The first-order chi connectivity index (χ1) is 14.1. The van der Waals surface area contributed by atoms with E-state index >= 15 is 0 Å². The highest BCUT2D eigenvalue weighted by atomic mass is 16.6. The molecule has 0 spiro atoms. The first-order valence-electron chi connectivity index (χ1n) is 10.5. The minimum absolute atomic E-state index is 0.0186. The van der Waals surface area contributed by atoms with Crippen LogP contribution in [0.2, 0.25) is 0 Å². The van der Waals surface area contributed by atoms with Gasteiger partial charge in [-0.25, -0.2) is 4.79 Å². The smallest absolute Gasteiger partial charge is 0.412 e. The van der Waals surface area contributed by atoms with Gasteiger partial charge in [0.25, 0.3) is 5.69 Å². The molecule has 1 atom stereocenters. The zero-order valence-electron chi connectivity index (χ0n) is 18.2. The average molecular weight is 421 g/mol. The molecule has 0 bridgehead atoms. The van der Waals surface area contributed by atoms with Crippen LogP contribution in [0.15, 0.2) is 18.2 Å². The molecule has 2 saturated heterocycles. The summed E-state index contributed by atoms with van der Waals surface area (Å²) < 4.78 is 10.7. The largest absolute Gasteiger partial charge is 0.444 e. The normalized spacial score (nSPS) is 21.3. The van der Waals surface area contributed by atoms with E-state index in [0.29, 0.717) is 17.4 Å². The molecule has 0 unspecified atom stereocenters. The van der Waals surface area contributed by atoms with Crippen LogP contribution >= 0.6 is 0 Å². The highest BCUT2D eigenvalue weighted by Crippen LogP contribution is 2.34. The van der Waals surface area contributed by atoms with Crippen molar-refractivity contribution < 1.29 is 19.2 Å². The second-order valence-electron chi connectivity index (χ2n) is 8.97. The van der Waals surface area contributed by atoms with Gasteiger partial charge in [-0.2, -0.15) is 0 Å². The van der Waals surface area contributed by atoms with Crippen LogP contribution in [0, 0.1) is 10.1 Å². The van der Waals surface area contributed by atoms with Gasteiger partial charge in [-0.15, -0.1) is 0 Å². The van der Waals surface area contributed by atoms with Crippen LogP contribution < -0.4 is 10.2 Å². The Labute approximate surface area is 177 Å². The molecule has 2 heterocycles. The molecule has 3 rings (SSSR count). The van der Waals surface area contributed by atoms with E-state index in [0.717, 1.165) is 45.7 Å². The van der Waals surface area contributed by atoms with Gasteiger partial charge in [-0.3, -0.25) is 20.3 Å². The van der Waals surface area contributed by atoms with Gasteiger partial charge in [-0.05, 0) is 52.7 Å². The monoisotopic (exact) mass is 420 g/mol. The predicted octanol–water partition coefficient (Wildman–Crippen LogP) is 3.63. The fourth-order valence-electron chi connectivity index (χ4n) is 4.14. The number of carbonyl (C=O) groups excluding carboxylic acids is 1. The van der Waals surface area contributed by atoms with E-state index in [1.165, 1.54) is 6.07 Å². The van der Waals surface area contributed by atoms with Gasteiger partial charge in [-0.1, -0.05) is 0 Å². The second kappa shape index (κ2) is 9.18. The van der Waals surface area contributed by atoms with Gasteiger partial charge in [0.15, 0.2) is 0 Å². The van der Waals surface area contributed by atoms with Crippen molar-refractivity contribution in [3.8, 4) is 0 Å². The molecule has 0 saturated carbocycles. The highest BCUT2D eigenvalue weighted by molar-refractivity contribution is 5.86. The number of nitro benzene ring substituents is 1. The molecule has 30 heavy (non-hydrogen) atoms. The fourth-order valence-corrected chi connectivity index (χ4v) is 4.14. The number of carbonyl (C=O) groups is 1. The van der Waals surface area contributed by atoms with Crippen LogP contribution in [-0.4, -0.2) is 66.4 Å². The van der Waals surface area contributed by atoms with E-state index in [1.807, 2.05) is 0 Å². The SMILES string of the molecule is C[C@H]1CN(C2CCOCC2)CCN1c1ccc(NC(=O)OC(C)(C)C)cc1[N+](=O)[O-]. The van der Waals surface area contributed by atoms with Gasteiger partial charge in [0.05, 0.1) is 10.6 Å². The zero-order chi connectivity index (χ0) is 21.9. The van der Waals surface area contributed by atoms with Crippen LogP contribution in [0.4, 0.5) is 21.9 Å². The number of hydrogen-bond donors (Lipinski definition) is 1. The van der Waals surface area contributed by atoms with Crippen molar-refractivity contribution in [1.82, 2.24) is 4.90 Å². The minimum Gasteiger partial charge on any atom is -0.444 e. The molecule has 0 aromatic heterocycles. The van der Waals surface area contributed by atoms with E-state index < -0.39 is 16.6 Å². The van der Waals surface area contributed by atoms with Gasteiger partial charge in [0.2, 0.25) is 0 Å². The number of nitrogens with one attached hydrogen (secondary N) is 1. The first kappa shape index (κ1) is 22.3. The summed E-state index contributed by atoms with van der Waals surface area (Å²) in [5, 5.41) is 14.3. The van der Waals surface area contributed by atoms with Crippen molar-refractivity contribution in [3.05, 3.63) is 28.3 Å². The summed E-state index contributed by atoms with van der Waals surface area (Å²) in [4.78, 5) is 27.9. The highest BCUT2D eigenvalue weighted by Gasteiger charge is 2.32. The Hall–Kier alpha value is -2.39. The third-order valence-corrected chi connectivity index (χ3v) is 5.49. The molecule has 0 radical (unpaired) electrons. The Balaban J connectivity index is 1.72. The van der Waals surface area contributed by atoms with E-state index in [-0.39, 0.29) is 11.7 Å². The minimum atomic E-state index is -0.643. The summed E-state index contributed by atoms with van der Waals surface area (Å²) in [7, 11) is 0. The number of anilines is 2. The summed E-state index contributed by atoms with van der Waals surface area (Å²) in [6.07, 6.45) is 1.44. The van der Waals surface area contributed by atoms with Crippen LogP contribution in [0.1, 0.15) is 40.5 Å². The van der Waals surface area contributed by atoms with Crippen molar-refractivity contribution in [2.75, 3.05) is 43.1 Å². The van der Waals surface area contributed by atoms with Crippen molar-refractivity contribution in [1.29, 1.82) is 0 Å². The Morgan fingerprint density at radius 2 is 1.97 bits per heavy atom. The van der Waals surface area contributed by atoms with Gasteiger partial charge >= 0.3 is 6.09 Å². The molecule has 166 valence electrons. The Morgan fingerprint density at radius 1 is 1.27 bits per heavy atom. The zero-order valence-corrected chi connectivity index (χ0v) is 18.2. The van der Waals surface area contributed by atoms with Crippen molar-refractivity contribution in [2.24, 2.45) is 0 Å².